The van der Waals surface area contributed by atoms with Crippen molar-refractivity contribution in [2.75, 3.05) is 6.61 Å². The molecular weight excluding hydrogens is 304 g/mol. The van der Waals surface area contributed by atoms with Gasteiger partial charge in [0, 0.05) is 24.0 Å². The van der Waals surface area contributed by atoms with E-state index < -0.39 is 0 Å². The Kier molecular flexibility index (Phi) is 3.72. The molecule has 0 saturated heterocycles. The van der Waals surface area contributed by atoms with Crippen LogP contribution in [0.4, 0.5) is 0 Å². The molecule has 0 bridgehead atoms. The van der Waals surface area contributed by atoms with Crippen LogP contribution in [0.1, 0.15) is 48.3 Å². The van der Waals surface area contributed by atoms with E-state index in [4.69, 9.17) is 4.74 Å². The van der Waals surface area contributed by atoms with E-state index in [0.29, 0.717) is 18.2 Å². The van der Waals surface area contributed by atoms with Gasteiger partial charge in [0.25, 0.3) is 0 Å². The summed E-state index contributed by atoms with van der Waals surface area (Å²) in [5.74, 6) is 0.0654. The summed E-state index contributed by atoms with van der Waals surface area (Å²) in [5.41, 5.74) is 3.96. The van der Waals surface area contributed by atoms with Crippen LogP contribution in [0.3, 0.4) is 0 Å². The maximum atomic E-state index is 12.1. The quantitative estimate of drug-likeness (QED) is 0.690. The molecular formula is C18H18N4O2. The molecule has 122 valence electrons. The van der Waals surface area contributed by atoms with Crippen molar-refractivity contribution in [3.8, 4) is 5.69 Å². The first-order valence-electron chi connectivity index (χ1n) is 8.24. The third-order valence-electron chi connectivity index (χ3n) is 4.44. The van der Waals surface area contributed by atoms with Gasteiger partial charge in [0.1, 0.15) is 0 Å². The second-order valence-corrected chi connectivity index (χ2v) is 5.94. The van der Waals surface area contributed by atoms with Crippen molar-refractivity contribution in [1.82, 2.24) is 19.7 Å². The zero-order valence-corrected chi connectivity index (χ0v) is 13.5. The lowest BCUT2D eigenvalue weighted by atomic mass is 9.82. The first-order chi connectivity index (χ1) is 11.8. The maximum absolute atomic E-state index is 12.1. The van der Waals surface area contributed by atoms with Gasteiger partial charge in [-0.05, 0) is 44.0 Å². The molecule has 0 radical (unpaired) electrons. The number of carbonyl (C=O) groups excluding carboxylic acids is 1. The normalized spacial score (nSPS) is 14.5. The van der Waals surface area contributed by atoms with Crippen molar-refractivity contribution in [2.24, 2.45) is 0 Å². The number of hydrogen-bond donors (Lipinski definition) is 0. The van der Waals surface area contributed by atoms with Gasteiger partial charge in [-0.3, -0.25) is 9.97 Å². The molecule has 3 aromatic rings. The molecule has 1 fully saturated rings. The minimum atomic E-state index is -0.377. The number of nitrogens with zero attached hydrogens (tertiary/aromatic N) is 4. The number of ether oxygens (including phenoxy) is 1. The third kappa shape index (κ3) is 2.54. The monoisotopic (exact) mass is 322 g/mol. The van der Waals surface area contributed by atoms with Gasteiger partial charge in [-0.2, -0.15) is 5.10 Å². The fourth-order valence-electron chi connectivity index (χ4n) is 2.99. The van der Waals surface area contributed by atoms with E-state index in [1.54, 1.807) is 19.3 Å². The lowest BCUT2D eigenvalue weighted by Gasteiger charge is -2.26. The molecule has 1 saturated carbocycles. The zero-order valence-electron chi connectivity index (χ0n) is 13.5. The third-order valence-corrected chi connectivity index (χ3v) is 4.44. The summed E-state index contributed by atoms with van der Waals surface area (Å²) in [6.07, 6.45) is 6.82. The smallest absolute Gasteiger partial charge is 0.358 e. The molecule has 0 aliphatic heterocycles. The zero-order chi connectivity index (χ0) is 16.5. The van der Waals surface area contributed by atoms with Gasteiger partial charge in [0.05, 0.1) is 23.3 Å². The number of rotatable bonds is 4. The number of aromatic nitrogens is 4. The predicted octanol–water partition coefficient (Wildman–Crippen LogP) is 3.26. The summed E-state index contributed by atoms with van der Waals surface area (Å²) >= 11 is 0. The van der Waals surface area contributed by atoms with Crippen molar-refractivity contribution in [1.29, 1.82) is 0 Å². The molecule has 1 aliphatic carbocycles. The standard InChI is InChI=1S/C18H18N4O2/c1-2-24-18(23)16-11-17(12-4-3-5-12)22(21-16)13-6-7-14-15(10-13)20-9-8-19-14/h6-12H,2-5H2,1H3. The van der Waals surface area contributed by atoms with E-state index in [9.17, 15) is 4.79 Å². The highest BCUT2D eigenvalue weighted by Crippen LogP contribution is 2.37. The van der Waals surface area contributed by atoms with Gasteiger partial charge < -0.3 is 4.74 Å². The Hall–Kier alpha value is -2.76. The average molecular weight is 322 g/mol. The van der Waals surface area contributed by atoms with Crippen LogP contribution in [0.5, 0.6) is 0 Å². The Bertz CT molecular complexity index is 899. The van der Waals surface area contributed by atoms with Gasteiger partial charge in [-0.1, -0.05) is 6.42 Å². The average Bonchev–Trinajstić information content (AvgIpc) is 2.98. The molecule has 0 N–H and O–H groups in total. The minimum absolute atomic E-state index is 0.343. The van der Waals surface area contributed by atoms with E-state index in [1.807, 2.05) is 28.9 Å². The summed E-state index contributed by atoms with van der Waals surface area (Å²) in [4.78, 5) is 20.7. The topological polar surface area (TPSA) is 69.9 Å². The van der Waals surface area contributed by atoms with Crippen molar-refractivity contribution >= 4 is 17.0 Å². The molecule has 6 heteroatoms. The van der Waals surface area contributed by atoms with Crippen LogP contribution >= 0.6 is 0 Å². The predicted molar refractivity (Wildman–Crippen MR) is 89.2 cm³/mol. The van der Waals surface area contributed by atoms with Crippen molar-refractivity contribution in [3.05, 3.63) is 48.0 Å². The Labute approximate surface area is 139 Å². The van der Waals surface area contributed by atoms with Crippen LogP contribution in [0.2, 0.25) is 0 Å². The largest absolute Gasteiger partial charge is 0.461 e. The molecule has 1 aliphatic rings. The van der Waals surface area contributed by atoms with E-state index >= 15 is 0 Å². The highest BCUT2D eigenvalue weighted by Gasteiger charge is 2.27. The van der Waals surface area contributed by atoms with Gasteiger partial charge in [-0.15, -0.1) is 0 Å². The van der Waals surface area contributed by atoms with Crippen molar-refractivity contribution in [2.45, 2.75) is 32.1 Å². The Balaban J connectivity index is 1.80. The van der Waals surface area contributed by atoms with Gasteiger partial charge >= 0.3 is 5.97 Å². The van der Waals surface area contributed by atoms with Gasteiger partial charge in [0.2, 0.25) is 0 Å². The lowest BCUT2D eigenvalue weighted by Crippen LogP contribution is -2.14. The lowest BCUT2D eigenvalue weighted by molar-refractivity contribution is 0.0519. The van der Waals surface area contributed by atoms with Crippen LogP contribution < -0.4 is 0 Å². The van der Waals surface area contributed by atoms with Crippen LogP contribution in [-0.4, -0.2) is 32.3 Å². The van der Waals surface area contributed by atoms with E-state index in [0.717, 1.165) is 35.3 Å². The SMILES string of the molecule is CCOC(=O)c1cc(C2CCC2)n(-c2ccc3nccnc3c2)n1. The number of benzene rings is 1. The maximum Gasteiger partial charge on any atom is 0.358 e. The molecule has 2 heterocycles. The first-order valence-corrected chi connectivity index (χ1v) is 8.24. The minimum Gasteiger partial charge on any atom is -0.461 e. The van der Waals surface area contributed by atoms with E-state index in [1.165, 1.54) is 6.42 Å². The molecule has 0 amide bonds. The molecule has 0 spiro atoms. The Morgan fingerprint density at radius 3 is 2.71 bits per heavy atom. The summed E-state index contributed by atoms with van der Waals surface area (Å²) in [5, 5.41) is 4.50. The Morgan fingerprint density at radius 1 is 1.21 bits per heavy atom. The van der Waals surface area contributed by atoms with Crippen molar-refractivity contribution < 1.29 is 9.53 Å². The first kappa shape index (κ1) is 14.8. The second-order valence-electron chi connectivity index (χ2n) is 5.94. The van der Waals surface area contributed by atoms with Gasteiger partial charge in [-0.25, -0.2) is 9.48 Å². The van der Waals surface area contributed by atoms with E-state index in [-0.39, 0.29) is 5.97 Å². The Morgan fingerprint density at radius 2 is 2.00 bits per heavy atom. The summed E-state index contributed by atoms with van der Waals surface area (Å²) in [6, 6.07) is 7.70. The molecule has 4 rings (SSSR count). The van der Waals surface area contributed by atoms with Crippen LogP contribution in [0.15, 0.2) is 36.7 Å². The van der Waals surface area contributed by atoms with Crippen molar-refractivity contribution in [3.63, 3.8) is 0 Å². The van der Waals surface area contributed by atoms with Gasteiger partial charge in [0.15, 0.2) is 5.69 Å². The fraction of sp³-hybridized carbons (Fsp3) is 0.333. The summed E-state index contributed by atoms with van der Waals surface area (Å²) in [6.45, 7) is 2.14. The summed E-state index contributed by atoms with van der Waals surface area (Å²) < 4.78 is 6.95. The van der Waals surface area contributed by atoms with Crippen LogP contribution in [0.25, 0.3) is 16.7 Å². The second kappa shape index (κ2) is 6.03. The highest BCUT2D eigenvalue weighted by molar-refractivity contribution is 5.87. The molecule has 6 nitrogen and oxygen atoms in total. The highest BCUT2D eigenvalue weighted by atomic mass is 16.5. The van der Waals surface area contributed by atoms with Crippen LogP contribution in [0, 0.1) is 0 Å². The van der Waals surface area contributed by atoms with E-state index in [2.05, 4.69) is 15.1 Å². The number of hydrogen-bond acceptors (Lipinski definition) is 5. The number of carbonyl (C=O) groups is 1. The number of esters is 1. The molecule has 2 aromatic heterocycles. The molecule has 1 aromatic carbocycles. The molecule has 0 unspecified atom stereocenters. The van der Waals surface area contributed by atoms with Crippen LogP contribution in [-0.2, 0) is 4.74 Å². The number of fused-ring (bicyclic) bond motifs is 1. The molecule has 24 heavy (non-hydrogen) atoms. The fourth-order valence-corrected chi connectivity index (χ4v) is 2.99. The molecule has 0 atom stereocenters. The summed E-state index contributed by atoms with van der Waals surface area (Å²) in [7, 11) is 0.